The summed E-state index contributed by atoms with van der Waals surface area (Å²) < 4.78 is 12.2. The Bertz CT molecular complexity index is 965. The van der Waals surface area contributed by atoms with Crippen molar-refractivity contribution in [3.63, 3.8) is 0 Å². The van der Waals surface area contributed by atoms with Crippen molar-refractivity contribution in [3.05, 3.63) is 40.7 Å². The number of hydrogen-bond acceptors (Lipinski definition) is 7. The van der Waals surface area contributed by atoms with Gasteiger partial charge in [0.05, 0.1) is 15.2 Å². The van der Waals surface area contributed by atoms with E-state index < -0.39 is 0 Å². The van der Waals surface area contributed by atoms with E-state index in [1.54, 1.807) is 17.4 Å². The van der Waals surface area contributed by atoms with Crippen LogP contribution in [0.15, 0.2) is 28.8 Å². The van der Waals surface area contributed by atoms with Crippen molar-refractivity contribution in [1.29, 1.82) is 0 Å². The molecule has 0 saturated carbocycles. The predicted molar refractivity (Wildman–Crippen MR) is 103 cm³/mol. The standard InChI is InChI=1S/C19H22N4O3S/c1-12-20-16-8-14(4-5-18(16)27-12)25-11-15-9-17(21-26-15)19(24)23-7-6-13(10-23)22(2)3/h4-5,8-9,13H,6-7,10-11H2,1-3H3. The van der Waals surface area contributed by atoms with Crippen molar-refractivity contribution in [2.75, 3.05) is 27.2 Å². The highest BCUT2D eigenvalue weighted by Gasteiger charge is 2.29. The molecule has 1 amide bonds. The largest absolute Gasteiger partial charge is 0.485 e. The Morgan fingerprint density at radius 1 is 1.41 bits per heavy atom. The molecule has 1 aliphatic rings. The number of likely N-dealkylation sites (tertiary alicyclic amines) is 1. The summed E-state index contributed by atoms with van der Waals surface area (Å²) in [5.74, 6) is 1.15. The molecule has 27 heavy (non-hydrogen) atoms. The zero-order valence-corrected chi connectivity index (χ0v) is 16.5. The number of thiazole rings is 1. The second kappa shape index (κ2) is 7.28. The first-order chi connectivity index (χ1) is 13.0. The maximum absolute atomic E-state index is 12.6. The number of amides is 1. The van der Waals surface area contributed by atoms with Gasteiger partial charge in [-0.1, -0.05) is 5.16 Å². The molecule has 0 spiro atoms. The third-order valence-electron chi connectivity index (χ3n) is 4.81. The maximum Gasteiger partial charge on any atom is 0.276 e. The molecule has 1 aliphatic heterocycles. The fourth-order valence-electron chi connectivity index (χ4n) is 3.26. The second-order valence-corrected chi connectivity index (χ2v) is 8.22. The van der Waals surface area contributed by atoms with E-state index in [0.717, 1.165) is 34.7 Å². The number of carbonyl (C=O) groups excluding carboxylic acids is 1. The van der Waals surface area contributed by atoms with Crippen LogP contribution in [0.4, 0.5) is 0 Å². The van der Waals surface area contributed by atoms with Crippen molar-refractivity contribution in [2.24, 2.45) is 0 Å². The summed E-state index contributed by atoms with van der Waals surface area (Å²) >= 11 is 1.66. The quantitative estimate of drug-likeness (QED) is 0.671. The van der Waals surface area contributed by atoms with Crippen molar-refractivity contribution < 1.29 is 14.1 Å². The van der Waals surface area contributed by atoms with Crippen LogP contribution in [-0.2, 0) is 6.61 Å². The highest BCUT2D eigenvalue weighted by Crippen LogP contribution is 2.26. The lowest BCUT2D eigenvalue weighted by Gasteiger charge is -2.19. The van der Waals surface area contributed by atoms with Crippen LogP contribution in [0.25, 0.3) is 10.2 Å². The van der Waals surface area contributed by atoms with Gasteiger partial charge >= 0.3 is 0 Å². The fourth-order valence-corrected chi connectivity index (χ4v) is 4.07. The van der Waals surface area contributed by atoms with Crippen LogP contribution in [0.3, 0.4) is 0 Å². The number of likely N-dealkylation sites (N-methyl/N-ethyl adjacent to an activating group) is 1. The number of hydrogen-bond donors (Lipinski definition) is 0. The molecule has 4 rings (SSSR count). The summed E-state index contributed by atoms with van der Waals surface area (Å²) in [5.41, 5.74) is 1.26. The van der Waals surface area contributed by atoms with E-state index in [1.807, 2.05) is 44.1 Å². The molecule has 0 aliphatic carbocycles. The lowest BCUT2D eigenvalue weighted by Crippen LogP contribution is -2.34. The van der Waals surface area contributed by atoms with Gasteiger partial charge in [-0.15, -0.1) is 11.3 Å². The normalized spacial score (nSPS) is 17.2. The minimum atomic E-state index is -0.0892. The van der Waals surface area contributed by atoms with Gasteiger partial charge < -0.3 is 19.1 Å². The Hall–Kier alpha value is -2.45. The van der Waals surface area contributed by atoms with Gasteiger partial charge in [-0.3, -0.25) is 4.79 Å². The van der Waals surface area contributed by atoms with Gasteiger partial charge in [-0.2, -0.15) is 0 Å². The number of benzene rings is 1. The van der Waals surface area contributed by atoms with Crippen molar-refractivity contribution >= 4 is 27.5 Å². The minimum Gasteiger partial charge on any atom is -0.485 e. The molecule has 1 saturated heterocycles. The zero-order chi connectivity index (χ0) is 19.0. The molecule has 0 bridgehead atoms. The maximum atomic E-state index is 12.6. The predicted octanol–water partition coefficient (Wildman–Crippen LogP) is 2.95. The summed E-state index contributed by atoms with van der Waals surface area (Å²) in [6.45, 7) is 3.67. The molecule has 3 aromatic rings. The summed E-state index contributed by atoms with van der Waals surface area (Å²) in [4.78, 5) is 21.0. The van der Waals surface area contributed by atoms with Gasteiger partial charge in [0.1, 0.15) is 12.4 Å². The van der Waals surface area contributed by atoms with Crippen molar-refractivity contribution in [3.8, 4) is 5.75 Å². The average Bonchev–Trinajstić information content (AvgIpc) is 3.37. The molecular formula is C19H22N4O3S. The van der Waals surface area contributed by atoms with Gasteiger partial charge in [0, 0.05) is 31.3 Å². The summed E-state index contributed by atoms with van der Waals surface area (Å²) in [7, 11) is 4.07. The number of nitrogens with zero attached hydrogens (tertiary/aromatic N) is 4. The highest BCUT2D eigenvalue weighted by atomic mass is 32.1. The third-order valence-corrected chi connectivity index (χ3v) is 5.76. The Morgan fingerprint density at radius 2 is 2.26 bits per heavy atom. The fraction of sp³-hybridized carbons (Fsp3) is 0.421. The molecule has 142 valence electrons. The number of fused-ring (bicyclic) bond motifs is 1. The molecule has 1 aromatic carbocycles. The monoisotopic (exact) mass is 386 g/mol. The van der Waals surface area contributed by atoms with E-state index in [4.69, 9.17) is 9.26 Å². The summed E-state index contributed by atoms with van der Waals surface area (Å²) in [6, 6.07) is 7.88. The van der Waals surface area contributed by atoms with Gasteiger partial charge in [0.2, 0.25) is 0 Å². The number of aryl methyl sites for hydroxylation is 1. The number of aromatic nitrogens is 2. The third kappa shape index (κ3) is 3.81. The Morgan fingerprint density at radius 3 is 3.04 bits per heavy atom. The summed E-state index contributed by atoms with van der Waals surface area (Å²) in [6.07, 6.45) is 0.977. The van der Waals surface area contributed by atoms with Crippen LogP contribution in [0.1, 0.15) is 27.7 Å². The smallest absolute Gasteiger partial charge is 0.276 e. The first-order valence-corrected chi connectivity index (χ1v) is 9.72. The molecule has 0 radical (unpaired) electrons. The SMILES string of the molecule is Cc1nc2cc(OCc3cc(C(=O)N4CCC(N(C)C)C4)no3)ccc2s1. The molecule has 7 nitrogen and oxygen atoms in total. The van der Waals surface area contributed by atoms with E-state index in [1.165, 1.54) is 0 Å². The highest BCUT2D eigenvalue weighted by molar-refractivity contribution is 7.18. The van der Waals surface area contributed by atoms with Crippen LogP contribution in [0, 0.1) is 6.92 Å². The van der Waals surface area contributed by atoms with Gasteiger partial charge in [0.25, 0.3) is 5.91 Å². The summed E-state index contributed by atoms with van der Waals surface area (Å²) in [5, 5.41) is 4.95. The van der Waals surface area contributed by atoms with Gasteiger partial charge in [-0.05, 0) is 39.6 Å². The minimum absolute atomic E-state index is 0.0892. The van der Waals surface area contributed by atoms with Gasteiger partial charge in [0.15, 0.2) is 11.5 Å². The van der Waals surface area contributed by atoms with Crippen LogP contribution in [0.2, 0.25) is 0 Å². The molecule has 8 heteroatoms. The van der Waals surface area contributed by atoms with Crippen LogP contribution in [0.5, 0.6) is 5.75 Å². The molecular weight excluding hydrogens is 364 g/mol. The van der Waals surface area contributed by atoms with Crippen LogP contribution < -0.4 is 4.74 Å². The Labute approximate surface area is 161 Å². The topological polar surface area (TPSA) is 71.7 Å². The van der Waals surface area contributed by atoms with E-state index >= 15 is 0 Å². The number of carbonyl (C=O) groups is 1. The van der Waals surface area contributed by atoms with Crippen LogP contribution in [-0.4, -0.2) is 59.1 Å². The average molecular weight is 386 g/mol. The first-order valence-electron chi connectivity index (χ1n) is 8.91. The van der Waals surface area contributed by atoms with Crippen molar-refractivity contribution in [1.82, 2.24) is 19.9 Å². The second-order valence-electron chi connectivity index (χ2n) is 6.99. The van der Waals surface area contributed by atoms with Crippen molar-refractivity contribution in [2.45, 2.75) is 26.0 Å². The molecule has 2 aromatic heterocycles. The molecule has 1 unspecified atom stereocenters. The lowest BCUT2D eigenvalue weighted by atomic mass is 10.2. The Balaban J connectivity index is 1.38. The Kier molecular flexibility index (Phi) is 4.84. The number of rotatable bonds is 5. The van der Waals surface area contributed by atoms with E-state index in [9.17, 15) is 4.79 Å². The molecule has 0 N–H and O–H groups in total. The molecule has 1 atom stereocenters. The lowest BCUT2D eigenvalue weighted by molar-refractivity contribution is 0.0772. The van der Waals surface area contributed by atoms with Gasteiger partial charge in [-0.25, -0.2) is 4.98 Å². The first kappa shape index (κ1) is 17.9. The van der Waals surface area contributed by atoms with Crippen LogP contribution >= 0.6 is 11.3 Å². The number of ether oxygens (including phenoxy) is 1. The van der Waals surface area contributed by atoms with E-state index in [0.29, 0.717) is 23.2 Å². The zero-order valence-electron chi connectivity index (χ0n) is 15.6. The van der Waals surface area contributed by atoms with E-state index in [-0.39, 0.29) is 12.5 Å². The molecule has 1 fully saturated rings. The van der Waals surface area contributed by atoms with E-state index in [2.05, 4.69) is 15.0 Å². The molecule has 3 heterocycles.